The summed E-state index contributed by atoms with van der Waals surface area (Å²) in [4.78, 5) is 1.37. The SMILES string of the molecule is CCC(CC1CC1)NS(=O)(=O)c1cc(CNC)sc1Br. The van der Waals surface area contributed by atoms with Crippen LogP contribution in [0.4, 0.5) is 0 Å². The molecule has 1 saturated carbocycles. The van der Waals surface area contributed by atoms with Crippen LogP contribution >= 0.6 is 27.3 Å². The molecule has 1 atom stereocenters. The Kier molecular flexibility index (Phi) is 5.64. The van der Waals surface area contributed by atoms with Crippen molar-refractivity contribution in [3.8, 4) is 0 Å². The van der Waals surface area contributed by atoms with Gasteiger partial charge >= 0.3 is 0 Å². The van der Waals surface area contributed by atoms with E-state index in [1.165, 1.54) is 24.2 Å². The van der Waals surface area contributed by atoms with Crippen LogP contribution in [0.2, 0.25) is 0 Å². The first kappa shape index (κ1) is 16.4. The third-order valence-electron chi connectivity index (χ3n) is 3.48. The van der Waals surface area contributed by atoms with E-state index in [-0.39, 0.29) is 6.04 Å². The molecule has 114 valence electrons. The van der Waals surface area contributed by atoms with E-state index in [1.54, 1.807) is 6.07 Å². The molecule has 4 nitrogen and oxygen atoms in total. The van der Waals surface area contributed by atoms with Crippen molar-refractivity contribution in [3.63, 3.8) is 0 Å². The van der Waals surface area contributed by atoms with Gasteiger partial charge in [-0.15, -0.1) is 11.3 Å². The molecular formula is C13H21BrN2O2S2. The van der Waals surface area contributed by atoms with Crippen molar-refractivity contribution < 1.29 is 8.42 Å². The summed E-state index contributed by atoms with van der Waals surface area (Å²) < 4.78 is 28.5. The predicted molar refractivity (Wildman–Crippen MR) is 86.5 cm³/mol. The molecule has 0 radical (unpaired) electrons. The van der Waals surface area contributed by atoms with E-state index in [2.05, 4.69) is 26.0 Å². The van der Waals surface area contributed by atoms with Gasteiger partial charge in [0, 0.05) is 17.5 Å². The second-order valence-corrected chi connectivity index (χ2v) is 9.42. The fourth-order valence-electron chi connectivity index (χ4n) is 2.18. The number of hydrogen-bond acceptors (Lipinski definition) is 4. The second kappa shape index (κ2) is 6.87. The summed E-state index contributed by atoms with van der Waals surface area (Å²) >= 11 is 4.83. The molecule has 7 heteroatoms. The van der Waals surface area contributed by atoms with Gasteiger partial charge in [-0.2, -0.15) is 0 Å². The number of sulfonamides is 1. The second-order valence-electron chi connectivity index (χ2n) is 5.29. The lowest BCUT2D eigenvalue weighted by molar-refractivity contribution is 0.495. The van der Waals surface area contributed by atoms with E-state index >= 15 is 0 Å². The molecule has 1 aliphatic carbocycles. The Labute approximate surface area is 133 Å². The maximum Gasteiger partial charge on any atom is 0.242 e. The van der Waals surface area contributed by atoms with E-state index in [1.807, 2.05) is 14.0 Å². The maximum atomic E-state index is 12.5. The minimum absolute atomic E-state index is 0.0482. The number of thiophene rings is 1. The highest BCUT2D eigenvalue weighted by Gasteiger charge is 2.29. The van der Waals surface area contributed by atoms with Gasteiger partial charge in [0.05, 0.1) is 3.79 Å². The summed E-state index contributed by atoms with van der Waals surface area (Å²) in [6.45, 7) is 2.71. The van der Waals surface area contributed by atoms with Crippen molar-refractivity contribution in [2.45, 2.75) is 50.1 Å². The molecule has 1 unspecified atom stereocenters. The lowest BCUT2D eigenvalue weighted by Gasteiger charge is -2.16. The third-order valence-corrected chi connectivity index (χ3v) is 7.25. The van der Waals surface area contributed by atoms with Gasteiger partial charge in [0.15, 0.2) is 0 Å². The first-order valence-electron chi connectivity index (χ1n) is 6.91. The van der Waals surface area contributed by atoms with E-state index in [4.69, 9.17) is 0 Å². The average Bonchev–Trinajstić information content (AvgIpc) is 3.11. The van der Waals surface area contributed by atoms with Crippen LogP contribution in [0, 0.1) is 5.92 Å². The fraction of sp³-hybridized carbons (Fsp3) is 0.692. The summed E-state index contributed by atoms with van der Waals surface area (Å²) in [7, 11) is -1.58. The molecule has 1 fully saturated rings. The van der Waals surface area contributed by atoms with Crippen LogP contribution in [0.5, 0.6) is 0 Å². The summed E-state index contributed by atoms with van der Waals surface area (Å²) in [6, 6.07) is 1.80. The molecule has 0 amide bonds. The van der Waals surface area contributed by atoms with Gasteiger partial charge in [0.25, 0.3) is 0 Å². The zero-order valence-electron chi connectivity index (χ0n) is 11.8. The van der Waals surface area contributed by atoms with Crippen LogP contribution in [0.3, 0.4) is 0 Å². The lowest BCUT2D eigenvalue weighted by Crippen LogP contribution is -2.34. The van der Waals surface area contributed by atoms with Gasteiger partial charge in [-0.25, -0.2) is 13.1 Å². The maximum absolute atomic E-state index is 12.5. The molecule has 20 heavy (non-hydrogen) atoms. The Morgan fingerprint density at radius 1 is 1.50 bits per heavy atom. The minimum atomic E-state index is -3.43. The minimum Gasteiger partial charge on any atom is -0.315 e. The van der Waals surface area contributed by atoms with Crippen molar-refractivity contribution in [2.24, 2.45) is 5.92 Å². The zero-order valence-corrected chi connectivity index (χ0v) is 15.0. The largest absolute Gasteiger partial charge is 0.315 e. The molecule has 1 aromatic heterocycles. The zero-order chi connectivity index (χ0) is 14.8. The van der Waals surface area contributed by atoms with Crippen molar-refractivity contribution in [1.82, 2.24) is 10.0 Å². The summed E-state index contributed by atoms with van der Waals surface area (Å²) in [5.41, 5.74) is 0. The molecule has 0 spiro atoms. The number of nitrogens with one attached hydrogen (secondary N) is 2. The van der Waals surface area contributed by atoms with Crippen LogP contribution in [0.25, 0.3) is 0 Å². The summed E-state index contributed by atoms with van der Waals surface area (Å²) in [5, 5.41) is 3.04. The van der Waals surface area contributed by atoms with Crippen LogP contribution in [0.1, 0.15) is 37.5 Å². The van der Waals surface area contributed by atoms with Gasteiger partial charge in [-0.3, -0.25) is 0 Å². The molecular weight excluding hydrogens is 360 g/mol. The van der Waals surface area contributed by atoms with E-state index in [0.717, 1.165) is 17.7 Å². The monoisotopic (exact) mass is 380 g/mol. The molecule has 1 aliphatic rings. The highest BCUT2D eigenvalue weighted by atomic mass is 79.9. The highest BCUT2D eigenvalue weighted by molar-refractivity contribution is 9.11. The molecule has 1 aromatic rings. The summed E-state index contributed by atoms with van der Waals surface area (Å²) in [5.74, 6) is 0.716. The Bertz CT molecular complexity index is 553. The topological polar surface area (TPSA) is 58.2 Å². The number of halogens is 1. The smallest absolute Gasteiger partial charge is 0.242 e. The quantitative estimate of drug-likeness (QED) is 0.728. The Morgan fingerprint density at radius 2 is 2.20 bits per heavy atom. The normalized spacial score (nSPS) is 17.4. The van der Waals surface area contributed by atoms with E-state index in [9.17, 15) is 8.42 Å². The average molecular weight is 381 g/mol. The van der Waals surface area contributed by atoms with Gasteiger partial charge in [0.2, 0.25) is 10.0 Å². The van der Waals surface area contributed by atoms with Gasteiger partial charge in [0.1, 0.15) is 4.90 Å². The molecule has 2 N–H and O–H groups in total. The van der Waals surface area contributed by atoms with E-state index in [0.29, 0.717) is 21.1 Å². The fourth-order valence-corrected chi connectivity index (χ4v) is 6.21. The van der Waals surface area contributed by atoms with Crippen LogP contribution < -0.4 is 10.0 Å². The first-order valence-corrected chi connectivity index (χ1v) is 10.0. The van der Waals surface area contributed by atoms with Crippen LogP contribution in [-0.4, -0.2) is 21.5 Å². The molecule has 2 rings (SSSR count). The molecule has 1 heterocycles. The van der Waals surface area contributed by atoms with Crippen LogP contribution in [-0.2, 0) is 16.6 Å². The van der Waals surface area contributed by atoms with E-state index < -0.39 is 10.0 Å². The van der Waals surface area contributed by atoms with Crippen molar-refractivity contribution in [2.75, 3.05) is 7.05 Å². The van der Waals surface area contributed by atoms with Crippen molar-refractivity contribution in [1.29, 1.82) is 0 Å². The number of hydrogen-bond donors (Lipinski definition) is 2. The molecule has 0 saturated heterocycles. The van der Waals surface area contributed by atoms with Crippen LogP contribution in [0.15, 0.2) is 14.7 Å². The van der Waals surface area contributed by atoms with Gasteiger partial charge in [-0.05, 0) is 47.8 Å². The third kappa shape index (κ3) is 4.27. The number of rotatable bonds is 8. The molecule has 0 aromatic carbocycles. The van der Waals surface area contributed by atoms with Gasteiger partial charge in [-0.1, -0.05) is 19.8 Å². The Balaban J connectivity index is 2.11. The lowest BCUT2D eigenvalue weighted by atomic mass is 10.1. The van der Waals surface area contributed by atoms with Gasteiger partial charge < -0.3 is 5.32 Å². The highest BCUT2D eigenvalue weighted by Crippen LogP contribution is 2.35. The molecule has 0 aliphatic heterocycles. The molecule has 0 bridgehead atoms. The standard InChI is InChI=1S/C13H21BrN2O2S2/c1-3-10(6-9-4-5-9)16-20(17,18)12-7-11(8-15-2)19-13(12)14/h7,9-10,15-16H,3-6,8H2,1-2H3. The predicted octanol–water partition coefficient (Wildman–Crippen LogP) is 3.09. The Hall–Kier alpha value is 0.0500. The summed E-state index contributed by atoms with van der Waals surface area (Å²) in [6.07, 6.45) is 4.28. The first-order chi connectivity index (χ1) is 9.46. The Morgan fingerprint density at radius 3 is 2.75 bits per heavy atom. The van der Waals surface area contributed by atoms with Crippen molar-refractivity contribution in [3.05, 3.63) is 14.7 Å². The van der Waals surface area contributed by atoms with Crippen molar-refractivity contribution >= 4 is 37.3 Å².